The Morgan fingerprint density at radius 3 is 2.94 bits per heavy atom. The summed E-state index contributed by atoms with van der Waals surface area (Å²) in [5.41, 5.74) is 0.0981. The van der Waals surface area contributed by atoms with Crippen molar-refractivity contribution in [3.05, 3.63) is 12.7 Å². The molecule has 0 amide bonds. The summed E-state index contributed by atoms with van der Waals surface area (Å²) in [4.78, 5) is 13.1. The van der Waals surface area contributed by atoms with Crippen LogP contribution < -0.4 is 5.32 Å². The number of hydrogen-bond donors (Lipinski definition) is 2. The predicted molar refractivity (Wildman–Crippen MR) is 69.1 cm³/mol. The highest BCUT2D eigenvalue weighted by Crippen LogP contribution is 2.25. The standard InChI is InChI=1S/C13H24N2O2/c1-4-9-15-11(5-6-12(16)17)10-14-8-7-13(15,2)3/h4,11,14H,1,5-10H2,2-3H3,(H,16,17). The molecular weight excluding hydrogens is 216 g/mol. The normalized spacial score (nSPS) is 25.2. The van der Waals surface area contributed by atoms with Gasteiger partial charge in [-0.2, -0.15) is 0 Å². The van der Waals surface area contributed by atoms with Gasteiger partial charge in [0.15, 0.2) is 0 Å². The third-order valence-corrected chi connectivity index (χ3v) is 3.53. The molecule has 0 aromatic heterocycles. The van der Waals surface area contributed by atoms with Crippen molar-refractivity contribution >= 4 is 5.97 Å². The number of nitrogens with one attached hydrogen (secondary N) is 1. The highest BCUT2D eigenvalue weighted by atomic mass is 16.4. The molecule has 0 aromatic rings. The molecule has 0 spiro atoms. The fraction of sp³-hybridized carbons (Fsp3) is 0.769. The Balaban J connectivity index is 2.73. The van der Waals surface area contributed by atoms with Crippen LogP contribution >= 0.6 is 0 Å². The van der Waals surface area contributed by atoms with Crippen molar-refractivity contribution in [2.24, 2.45) is 0 Å². The maximum Gasteiger partial charge on any atom is 0.303 e. The first-order valence-electron chi connectivity index (χ1n) is 6.27. The van der Waals surface area contributed by atoms with E-state index in [4.69, 9.17) is 5.11 Å². The van der Waals surface area contributed by atoms with Crippen LogP contribution in [0.2, 0.25) is 0 Å². The SMILES string of the molecule is C=CCN1C(CCC(=O)O)CNCCC1(C)C. The van der Waals surface area contributed by atoms with E-state index in [1.807, 2.05) is 6.08 Å². The summed E-state index contributed by atoms with van der Waals surface area (Å²) in [6.07, 6.45) is 3.90. The maximum atomic E-state index is 10.7. The topological polar surface area (TPSA) is 52.6 Å². The molecule has 98 valence electrons. The van der Waals surface area contributed by atoms with E-state index in [0.717, 1.165) is 26.1 Å². The molecule has 1 rings (SSSR count). The van der Waals surface area contributed by atoms with Crippen molar-refractivity contribution in [2.75, 3.05) is 19.6 Å². The summed E-state index contributed by atoms with van der Waals surface area (Å²) >= 11 is 0. The summed E-state index contributed by atoms with van der Waals surface area (Å²) in [6.45, 7) is 10.9. The first-order chi connectivity index (χ1) is 7.97. The number of hydrogen-bond acceptors (Lipinski definition) is 3. The van der Waals surface area contributed by atoms with Crippen LogP contribution in [0, 0.1) is 0 Å². The largest absolute Gasteiger partial charge is 0.481 e. The van der Waals surface area contributed by atoms with Crippen LogP contribution in [0.4, 0.5) is 0 Å². The Hall–Kier alpha value is -0.870. The van der Waals surface area contributed by atoms with E-state index < -0.39 is 5.97 Å². The minimum Gasteiger partial charge on any atom is -0.481 e. The Labute approximate surface area is 104 Å². The second kappa shape index (κ2) is 6.17. The van der Waals surface area contributed by atoms with Crippen molar-refractivity contribution in [3.8, 4) is 0 Å². The fourth-order valence-electron chi connectivity index (χ4n) is 2.49. The van der Waals surface area contributed by atoms with Gasteiger partial charge in [0.1, 0.15) is 0 Å². The van der Waals surface area contributed by atoms with Crippen molar-refractivity contribution < 1.29 is 9.90 Å². The van der Waals surface area contributed by atoms with Gasteiger partial charge in [-0.15, -0.1) is 6.58 Å². The van der Waals surface area contributed by atoms with Crippen molar-refractivity contribution in [1.29, 1.82) is 0 Å². The Kier molecular flexibility index (Phi) is 5.15. The molecule has 1 aliphatic heterocycles. The lowest BCUT2D eigenvalue weighted by molar-refractivity contribution is -0.137. The number of rotatable bonds is 5. The van der Waals surface area contributed by atoms with Crippen LogP contribution in [0.5, 0.6) is 0 Å². The number of carboxylic acid groups (broad SMARTS) is 1. The number of carbonyl (C=O) groups is 1. The Morgan fingerprint density at radius 2 is 2.35 bits per heavy atom. The summed E-state index contributed by atoms with van der Waals surface area (Å²) in [6, 6.07) is 0.279. The monoisotopic (exact) mass is 240 g/mol. The zero-order chi connectivity index (χ0) is 12.9. The first kappa shape index (κ1) is 14.2. The second-order valence-corrected chi connectivity index (χ2v) is 5.29. The third-order valence-electron chi connectivity index (χ3n) is 3.53. The number of carboxylic acids is 1. The van der Waals surface area contributed by atoms with Crippen molar-refractivity contribution in [1.82, 2.24) is 10.2 Å². The van der Waals surface area contributed by atoms with Gasteiger partial charge in [-0.05, 0) is 33.2 Å². The fourth-order valence-corrected chi connectivity index (χ4v) is 2.49. The first-order valence-corrected chi connectivity index (χ1v) is 6.27. The van der Waals surface area contributed by atoms with Gasteiger partial charge in [0.2, 0.25) is 0 Å². The summed E-state index contributed by atoms with van der Waals surface area (Å²) in [7, 11) is 0. The molecule has 1 fully saturated rings. The molecule has 1 heterocycles. The van der Waals surface area contributed by atoms with E-state index >= 15 is 0 Å². The van der Waals surface area contributed by atoms with Gasteiger partial charge in [-0.1, -0.05) is 6.08 Å². The third kappa shape index (κ3) is 4.13. The molecule has 17 heavy (non-hydrogen) atoms. The molecule has 0 bridgehead atoms. The van der Waals surface area contributed by atoms with E-state index in [0.29, 0.717) is 6.42 Å². The van der Waals surface area contributed by atoms with E-state index in [1.165, 1.54) is 0 Å². The van der Waals surface area contributed by atoms with Crippen LogP contribution in [-0.2, 0) is 4.79 Å². The quantitative estimate of drug-likeness (QED) is 0.715. The van der Waals surface area contributed by atoms with Crippen molar-refractivity contribution in [2.45, 2.75) is 44.7 Å². The molecule has 4 nitrogen and oxygen atoms in total. The predicted octanol–water partition coefficient (Wildman–Crippen LogP) is 1.48. The molecule has 1 unspecified atom stereocenters. The molecule has 0 saturated carbocycles. The summed E-state index contributed by atoms with van der Waals surface area (Å²) < 4.78 is 0. The maximum absolute atomic E-state index is 10.7. The molecule has 0 radical (unpaired) electrons. The van der Waals surface area contributed by atoms with Gasteiger partial charge < -0.3 is 10.4 Å². The second-order valence-electron chi connectivity index (χ2n) is 5.29. The lowest BCUT2D eigenvalue weighted by Gasteiger charge is -2.41. The van der Waals surface area contributed by atoms with Gasteiger partial charge in [0.25, 0.3) is 0 Å². The zero-order valence-electron chi connectivity index (χ0n) is 10.9. The zero-order valence-corrected chi connectivity index (χ0v) is 10.9. The van der Waals surface area contributed by atoms with Crippen LogP contribution in [0.15, 0.2) is 12.7 Å². The van der Waals surface area contributed by atoms with E-state index in [1.54, 1.807) is 0 Å². The highest BCUT2D eigenvalue weighted by Gasteiger charge is 2.33. The van der Waals surface area contributed by atoms with E-state index in [-0.39, 0.29) is 18.0 Å². The molecule has 0 aromatic carbocycles. The minimum absolute atomic E-state index is 0.0981. The van der Waals surface area contributed by atoms with Gasteiger partial charge >= 0.3 is 5.97 Å². The van der Waals surface area contributed by atoms with Gasteiger partial charge in [0.05, 0.1) is 0 Å². The van der Waals surface area contributed by atoms with Crippen LogP contribution in [0.3, 0.4) is 0 Å². The average Bonchev–Trinajstić information content (AvgIpc) is 2.37. The minimum atomic E-state index is -0.717. The van der Waals surface area contributed by atoms with Crippen LogP contribution in [0.1, 0.15) is 33.1 Å². The van der Waals surface area contributed by atoms with E-state index in [2.05, 4.69) is 30.6 Å². The van der Waals surface area contributed by atoms with Crippen molar-refractivity contribution in [3.63, 3.8) is 0 Å². The lowest BCUT2D eigenvalue weighted by Crippen LogP contribution is -2.50. The molecule has 1 aliphatic rings. The van der Waals surface area contributed by atoms with Gasteiger partial charge in [-0.3, -0.25) is 9.69 Å². The van der Waals surface area contributed by atoms with Gasteiger partial charge in [0, 0.05) is 31.1 Å². The lowest BCUT2D eigenvalue weighted by atomic mass is 9.95. The average molecular weight is 240 g/mol. The number of nitrogens with zero attached hydrogens (tertiary/aromatic N) is 1. The molecule has 0 aliphatic carbocycles. The van der Waals surface area contributed by atoms with E-state index in [9.17, 15) is 4.79 Å². The van der Waals surface area contributed by atoms with Crippen LogP contribution in [0.25, 0.3) is 0 Å². The van der Waals surface area contributed by atoms with Gasteiger partial charge in [-0.25, -0.2) is 0 Å². The molecule has 1 atom stereocenters. The molecule has 1 saturated heterocycles. The highest BCUT2D eigenvalue weighted by molar-refractivity contribution is 5.66. The Bertz CT molecular complexity index is 277. The molecule has 4 heteroatoms. The molecular formula is C13H24N2O2. The molecule has 2 N–H and O–H groups in total. The smallest absolute Gasteiger partial charge is 0.303 e. The summed E-state index contributed by atoms with van der Waals surface area (Å²) in [5.74, 6) is -0.717. The number of aliphatic carboxylic acids is 1. The Morgan fingerprint density at radius 1 is 1.65 bits per heavy atom. The summed E-state index contributed by atoms with van der Waals surface area (Å²) in [5, 5.41) is 12.2. The van der Waals surface area contributed by atoms with Crippen LogP contribution in [-0.4, -0.2) is 47.2 Å².